The normalized spacial score (nSPS) is 26.9. The van der Waals surface area contributed by atoms with Gasteiger partial charge in [0.15, 0.2) is 19.8 Å². The fourth-order valence-electron chi connectivity index (χ4n) is 6.38. The molecule has 4 atom stereocenters. The van der Waals surface area contributed by atoms with Gasteiger partial charge in [0.25, 0.3) is 0 Å². The summed E-state index contributed by atoms with van der Waals surface area (Å²) < 4.78 is 37.6. The number of hydrogen-bond acceptors (Lipinski definition) is 7. The molecule has 0 saturated carbocycles. The molecule has 3 aromatic rings. The van der Waals surface area contributed by atoms with Crippen molar-refractivity contribution in [2.75, 3.05) is 20.3 Å². The molecule has 2 aromatic carbocycles. The summed E-state index contributed by atoms with van der Waals surface area (Å²) in [4.78, 5) is 2.36. The van der Waals surface area contributed by atoms with E-state index in [4.69, 9.17) is 13.9 Å². The van der Waals surface area contributed by atoms with E-state index in [0.717, 1.165) is 17.5 Å². The molecule has 2 bridgehead atoms. The molecule has 8 nitrogen and oxygen atoms in total. The van der Waals surface area contributed by atoms with Crippen LogP contribution >= 0.6 is 0 Å². The smallest absolute Gasteiger partial charge is 0.192 e. The Morgan fingerprint density at radius 1 is 1.00 bits per heavy atom. The van der Waals surface area contributed by atoms with Crippen molar-refractivity contribution in [3.05, 3.63) is 77.6 Å². The van der Waals surface area contributed by atoms with Crippen LogP contribution in [-0.2, 0) is 38.4 Å². The van der Waals surface area contributed by atoms with Gasteiger partial charge in [0, 0.05) is 20.1 Å². The summed E-state index contributed by atoms with van der Waals surface area (Å²) in [6, 6.07) is 20.3. The molecule has 5 rings (SSSR count). The Morgan fingerprint density at radius 2 is 1.68 bits per heavy atom. The standard InChI is InChI=1S/C31H44FN5O3Si/c1-29(2,3)41(5,6)40-27-18-17-26-30(32,28-33-34-35-37(28)23-39-20-19-38-4)22-31(27,25-15-11-8-12-16-25)36(26)21-24-13-9-7-10-14-24/h7-16,26-27H,17-23H2,1-6H3. The maximum atomic E-state index is 18.1. The molecule has 0 N–H and O–H groups in total. The first kappa shape index (κ1) is 30.0. The predicted molar refractivity (Wildman–Crippen MR) is 158 cm³/mol. The summed E-state index contributed by atoms with van der Waals surface area (Å²) in [5.41, 5.74) is -0.320. The van der Waals surface area contributed by atoms with Gasteiger partial charge in [-0.1, -0.05) is 81.4 Å². The van der Waals surface area contributed by atoms with Crippen molar-refractivity contribution in [1.82, 2.24) is 25.1 Å². The van der Waals surface area contributed by atoms with Gasteiger partial charge < -0.3 is 13.9 Å². The summed E-state index contributed by atoms with van der Waals surface area (Å²) in [6.45, 7) is 12.8. The monoisotopic (exact) mass is 581 g/mol. The second kappa shape index (κ2) is 11.6. The molecule has 41 heavy (non-hydrogen) atoms. The van der Waals surface area contributed by atoms with Gasteiger partial charge in [-0.15, -0.1) is 5.10 Å². The van der Waals surface area contributed by atoms with Crippen molar-refractivity contribution in [3.8, 4) is 0 Å². The molecule has 4 unspecified atom stereocenters. The number of fused-ring (bicyclic) bond motifs is 2. The van der Waals surface area contributed by atoms with E-state index in [1.807, 2.05) is 36.4 Å². The van der Waals surface area contributed by atoms with Gasteiger partial charge in [0.2, 0.25) is 0 Å². The first-order chi connectivity index (χ1) is 19.5. The third kappa shape index (κ3) is 5.52. The Morgan fingerprint density at radius 3 is 2.34 bits per heavy atom. The summed E-state index contributed by atoms with van der Waals surface area (Å²) in [7, 11) is -0.590. The fraction of sp³-hybridized carbons (Fsp3) is 0.581. The first-order valence-electron chi connectivity index (χ1n) is 14.6. The maximum Gasteiger partial charge on any atom is 0.192 e. The second-order valence-electron chi connectivity index (χ2n) is 12.9. The van der Waals surface area contributed by atoms with Crippen LogP contribution in [0.1, 0.15) is 57.0 Å². The number of rotatable bonds is 11. The van der Waals surface area contributed by atoms with E-state index >= 15 is 4.39 Å². The quantitative estimate of drug-likeness (QED) is 0.209. The van der Waals surface area contributed by atoms with E-state index in [1.165, 1.54) is 4.68 Å². The Bertz CT molecular complexity index is 1290. The van der Waals surface area contributed by atoms with Gasteiger partial charge in [-0.2, -0.15) is 0 Å². The Balaban J connectivity index is 1.63. The third-order valence-corrected chi connectivity index (χ3v) is 13.9. The Kier molecular flexibility index (Phi) is 8.51. The highest BCUT2D eigenvalue weighted by molar-refractivity contribution is 6.74. The highest BCUT2D eigenvalue weighted by Crippen LogP contribution is 2.61. The molecule has 0 radical (unpaired) electrons. The van der Waals surface area contributed by atoms with Crippen LogP contribution in [0.5, 0.6) is 0 Å². The molecule has 2 aliphatic heterocycles. The highest BCUT2D eigenvalue weighted by atomic mass is 28.4. The maximum absolute atomic E-state index is 18.1. The minimum Gasteiger partial charge on any atom is -0.412 e. The zero-order chi connectivity index (χ0) is 29.3. The molecule has 1 aromatic heterocycles. The lowest BCUT2D eigenvalue weighted by Gasteiger charge is -2.53. The Hall–Kier alpha value is -2.50. The fourth-order valence-corrected chi connectivity index (χ4v) is 7.76. The summed E-state index contributed by atoms with van der Waals surface area (Å²) in [6.07, 6.45) is 1.40. The van der Waals surface area contributed by atoms with E-state index in [-0.39, 0.29) is 30.1 Å². The predicted octanol–water partition coefficient (Wildman–Crippen LogP) is 5.81. The molecule has 3 heterocycles. The summed E-state index contributed by atoms with van der Waals surface area (Å²) in [5.74, 6) is 0.212. The van der Waals surface area contributed by atoms with Crippen LogP contribution in [0.25, 0.3) is 0 Å². The van der Waals surface area contributed by atoms with Gasteiger partial charge in [-0.25, -0.2) is 9.07 Å². The van der Waals surface area contributed by atoms with Gasteiger partial charge in [0.1, 0.15) is 6.73 Å². The van der Waals surface area contributed by atoms with E-state index in [0.29, 0.717) is 26.2 Å². The van der Waals surface area contributed by atoms with Crippen molar-refractivity contribution >= 4 is 8.32 Å². The third-order valence-electron chi connectivity index (χ3n) is 9.44. The molecule has 10 heteroatoms. The number of nitrogens with zero attached hydrogens (tertiary/aromatic N) is 5. The number of tetrazole rings is 1. The van der Waals surface area contributed by atoms with Gasteiger partial charge in [0.05, 0.1) is 30.9 Å². The number of methoxy groups -OCH3 is 1. The van der Waals surface area contributed by atoms with Crippen LogP contribution in [0, 0.1) is 0 Å². The van der Waals surface area contributed by atoms with E-state index in [1.54, 1.807) is 7.11 Å². The first-order valence-corrected chi connectivity index (χ1v) is 17.5. The molecule has 222 valence electrons. The van der Waals surface area contributed by atoms with Crippen molar-refractivity contribution in [2.24, 2.45) is 0 Å². The molecule has 0 spiro atoms. The zero-order valence-corrected chi connectivity index (χ0v) is 26.2. The van der Waals surface area contributed by atoms with Crippen LogP contribution in [-0.4, -0.2) is 65.9 Å². The molecule has 2 fully saturated rings. The zero-order valence-electron chi connectivity index (χ0n) is 25.2. The van der Waals surface area contributed by atoms with Gasteiger partial charge in [-0.3, -0.25) is 4.90 Å². The van der Waals surface area contributed by atoms with E-state index in [2.05, 4.69) is 78.6 Å². The summed E-state index contributed by atoms with van der Waals surface area (Å²) in [5, 5.41) is 12.4. The largest absolute Gasteiger partial charge is 0.412 e. The number of halogens is 1. The second-order valence-corrected chi connectivity index (χ2v) is 17.7. The number of benzene rings is 2. The number of alkyl halides is 1. The SMILES string of the molecule is COCCOCn1nnnc1C1(F)CC2(c3ccccc3)C(O[Si](C)(C)C(C)(C)C)CCC1N2Cc1ccccc1. The topological polar surface area (TPSA) is 74.5 Å². The average molecular weight is 582 g/mol. The van der Waals surface area contributed by atoms with Crippen molar-refractivity contribution in [2.45, 2.75) is 94.8 Å². The minimum absolute atomic E-state index is 0.0149. The highest BCUT2D eigenvalue weighted by Gasteiger charge is 2.69. The molecule has 2 aliphatic rings. The van der Waals surface area contributed by atoms with Crippen LogP contribution in [0.4, 0.5) is 4.39 Å². The Labute approximate surface area is 244 Å². The number of piperidine rings is 1. The van der Waals surface area contributed by atoms with Crippen LogP contribution in [0.15, 0.2) is 60.7 Å². The van der Waals surface area contributed by atoms with Crippen molar-refractivity contribution < 1.29 is 18.3 Å². The van der Waals surface area contributed by atoms with E-state index in [9.17, 15) is 0 Å². The van der Waals surface area contributed by atoms with Gasteiger partial charge in [-0.05, 0) is 52.5 Å². The lowest BCUT2D eigenvalue weighted by atomic mass is 9.78. The lowest BCUT2D eigenvalue weighted by molar-refractivity contribution is -0.0646. The molecular formula is C31H44FN5O3Si. The van der Waals surface area contributed by atoms with Crippen LogP contribution in [0.3, 0.4) is 0 Å². The van der Waals surface area contributed by atoms with Crippen LogP contribution < -0.4 is 0 Å². The van der Waals surface area contributed by atoms with E-state index < -0.39 is 25.6 Å². The van der Waals surface area contributed by atoms with Crippen molar-refractivity contribution in [1.29, 1.82) is 0 Å². The lowest BCUT2D eigenvalue weighted by Crippen LogP contribution is -2.60. The van der Waals surface area contributed by atoms with Gasteiger partial charge >= 0.3 is 0 Å². The summed E-state index contributed by atoms with van der Waals surface area (Å²) >= 11 is 0. The number of ether oxygens (including phenoxy) is 2. The molecule has 0 amide bonds. The molecule has 2 saturated heterocycles. The van der Waals surface area contributed by atoms with Crippen molar-refractivity contribution in [3.63, 3.8) is 0 Å². The number of hydrogen-bond donors (Lipinski definition) is 0. The molecular weight excluding hydrogens is 537 g/mol. The average Bonchev–Trinajstić information content (AvgIpc) is 3.48. The number of aromatic nitrogens is 4. The molecule has 0 aliphatic carbocycles. The minimum atomic E-state index is -2.21. The van der Waals surface area contributed by atoms with Crippen LogP contribution in [0.2, 0.25) is 18.1 Å².